The highest BCUT2D eigenvalue weighted by Crippen LogP contribution is 2.44. The fourth-order valence-corrected chi connectivity index (χ4v) is 6.01. The van der Waals surface area contributed by atoms with Gasteiger partial charge < -0.3 is 34.1 Å². The summed E-state index contributed by atoms with van der Waals surface area (Å²) in [4.78, 5) is 38.8. The van der Waals surface area contributed by atoms with Crippen LogP contribution in [-0.2, 0) is 30.3 Å². The van der Waals surface area contributed by atoms with E-state index in [2.05, 4.69) is 30.9 Å². The third kappa shape index (κ3) is 6.10. The maximum atomic E-state index is 13.1. The van der Waals surface area contributed by atoms with Crippen LogP contribution in [0.5, 0.6) is 5.75 Å². The lowest BCUT2D eigenvalue weighted by atomic mass is 10.1. The van der Waals surface area contributed by atoms with Gasteiger partial charge in [0.1, 0.15) is 24.3 Å². The van der Waals surface area contributed by atoms with Crippen molar-refractivity contribution in [1.29, 1.82) is 0 Å². The number of urea groups is 1. The van der Waals surface area contributed by atoms with Crippen molar-refractivity contribution < 1.29 is 37.3 Å². The van der Waals surface area contributed by atoms with Gasteiger partial charge in [-0.25, -0.2) is 19.7 Å². The van der Waals surface area contributed by atoms with Gasteiger partial charge in [0.2, 0.25) is 0 Å². The molecule has 3 N–H and O–H groups in total. The number of imidazole rings is 1. The minimum Gasteiger partial charge on any atom is -0.755 e. The highest BCUT2D eigenvalue weighted by atomic mass is 32.2. The fraction of sp³-hybridized carbons (Fsp3) is 0.345. The molecule has 0 aliphatic carbocycles. The topological polar surface area (TPSA) is 194 Å². The summed E-state index contributed by atoms with van der Waals surface area (Å²) in [5.41, 5.74) is 1.58. The average molecular weight is 652 g/mol. The highest BCUT2D eigenvalue weighted by Gasteiger charge is 2.58. The summed E-state index contributed by atoms with van der Waals surface area (Å²) >= 11 is -2.66. The second-order valence-corrected chi connectivity index (χ2v) is 11.6. The predicted octanol–water partition coefficient (Wildman–Crippen LogP) is 2.96. The molecule has 0 spiro atoms. The Morgan fingerprint density at radius 2 is 1.83 bits per heavy atom. The first-order valence-corrected chi connectivity index (χ1v) is 15.3. The highest BCUT2D eigenvalue weighted by molar-refractivity contribution is 7.81. The molecule has 4 heterocycles. The molecule has 2 saturated heterocycles. The van der Waals surface area contributed by atoms with Crippen molar-refractivity contribution in [2.45, 2.75) is 51.1 Å². The molecule has 2 aromatic carbocycles. The second-order valence-electron chi connectivity index (χ2n) is 10.8. The van der Waals surface area contributed by atoms with Crippen LogP contribution in [0.25, 0.3) is 11.2 Å². The summed E-state index contributed by atoms with van der Waals surface area (Å²) in [7, 11) is 1.51. The third-order valence-corrected chi connectivity index (χ3v) is 8.02. The van der Waals surface area contributed by atoms with Gasteiger partial charge in [-0.05, 0) is 63.2 Å². The number of benzene rings is 2. The van der Waals surface area contributed by atoms with Crippen LogP contribution in [0.3, 0.4) is 0 Å². The first-order valence-electron chi connectivity index (χ1n) is 14.3. The van der Waals surface area contributed by atoms with E-state index in [0.29, 0.717) is 35.0 Å². The number of ether oxygens (including phenoxy) is 4. The zero-order valence-electron chi connectivity index (χ0n) is 25.2. The Labute approximate surface area is 265 Å². The summed E-state index contributed by atoms with van der Waals surface area (Å²) < 4.78 is 50.4. The van der Waals surface area contributed by atoms with Crippen LogP contribution < -0.4 is 25.0 Å². The standard InChI is InChI=1S/C29H32N8O8S/c1-5-30-26(38)22-21-23(45-29(2,3)44-21)27(43-22)36-15-33-20-24(31-14-32-25(20)36)35-28(39)34-16-7-6-8-18(13-16)37(46(40)41)17-9-11-19(42-4)12-10-17/h6-15,21-23,27H,5H2,1-4H3,(H,30,38)(H,40,41)(H2,31,32,34,35,39)/p-1/t21-,22+,23-,27-/m1/s1. The Balaban J connectivity index is 1.21. The maximum absolute atomic E-state index is 13.1. The quantitative estimate of drug-likeness (QED) is 0.225. The lowest BCUT2D eigenvalue weighted by Gasteiger charge is -2.27. The second kappa shape index (κ2) is 12.6. The van der Waals surface area contributed by atoms with Crippen molar-refractivity contribution in [3.8, 4) is 5.75 Å². The summed E-state index contributed by atoms with van der Waals surface area (Å²) in [5, 5.41) is 8.13. The van der Waals surface area contributed by atoms with E-state index in [1.54, 1.807) is 60.9 Å². The Bertz CT molecular complexity index is 1780. The van der Waals surface area contributed by atoms with Gasteiger partial charge in [-0.2, -0.15) is 0 Å². The molecular weight excluding hydrogens is 620 g/mol. The van der Waals surface area contributed by atoms with E-state index in [-0.39, 0.29) is 17.2 Å². The number of anilines is 4. The molecule has 0 saturated carbocycles. The molecule has 16 nitrogen and oxygen atoms in total. The molecule has 17 heteroatoms. The summed E-state index contributed by atoms with van der Waals surface area (Å²) in [6.45, 7) is 5.76. The minimum atomic E-state index is -2.66. The average Bonchev–Trinajstić information content (AvgIpc) is 3.68. The number of aromatic nitrogens is 4. The molecule has 2 aliphatic rings. The van der Waals surface area contributed by atoms with E-state index >= 15 is 0 Å². The lowest BCUT2D eigenvalue weighted by molar-refractivity contribution is -0.197. The lowest BCUT2D eigenvalue weighted by Crippen LogP contribution is -2.42. The number of carbonyl (C=O) groups is 2. The van der Waals surface area contributed by atoms with E-state index in [1.807, 2.05) is 6.92 Å². The number of hydrogen-bond donors (Lipinski definition) is 3. The van der Waals surface area contributed by atoms with Crippen LogP contribution in [-0.4, -0.2) is 78.0 Å². The number of amides is 3. The van der Waals surface area contributed by atoms with Crippen LogP contribution >= 0.6 is 0 Å². The molecule has 2 aliphatic heterocycles. The zero-order chi connectivity index (χ0) is 32.6. The van der Waals surface area contributed by atoms with Crippen molar-refractivity contribution in [2.75, 3.05) is 28.6 Å². The summed E-state index contributed by atoms with van der Waals surface area (Å²) in [5.74, 6) is -0.581. The van der Waals surface area contributed by atoms with Gasteiger partial charge in [-0.1, -0.05) is 6.07 Å². The van der Waals surface area contributed by atoms with Crippen molar-refractivity contribution in [3.63, 3.8) is 0 Å². The van der Waals surface area contributed by atoms with Gasteiger partial charge in [-0.3, -0.25) is 23.2 Å². The van der Waals surface area contributed by atoms with Crippen LogP contribution in [0.1, 0.15) is 27.0 Å². The first-order chi connectivity index (χ1) is 22.1. The number of likely N-dealkylation sites (N-methyl/N-ethyl adjacent to an activating group) is 1. The smallest absolute Gasteiger partial charge is 0.324 e. The molecule has 0 radical (unpaired) electrons. The van der Waals surface area contributed by atoms with Gasteiger partial charge in [0.25, 0.3) is 5.91 Å². The first kappa shape index (κ1) is 31.3. The Hall–Kier alpha value is -4.68. The third-order valence-electron chi connectivity index (χ3n) is 7.30. The zero-order valence-corrected chi connectivity index (χ0v) is 26.0. The monoisotopic (exact) mass is 651 g/mol. The Morgan fingerprint density at radius 1 is 1.07 bits per heavy atom. The Kier molecular flexibility index (Phi) is 8.58. The molecule has 242 valence electrons. The van der Waals surface area contributed by atoms with Gasteiger partial charge in [0.15, 0.2) is 35.1 Å². The Morgan fingerprint density at radius 3 is 2.54 bits per heavy atom. The van der Waals surface area contributed by atoms with Crippen molar-refractivity contribution in [3.05, 3.63) is 61.2 Å². The minimum absolute atomic E-state index is 0.108. The molecular formula is C29H31N8O8S-. The van der Waals surface area contributed by atoms with Gasteiger partial charge in [0.05, 0.1) is 36.1 Å². The largest absolute Gasteiger partial charge is 0.755 e. The molecule has 3 amide bonds. The van der Waals surface area contributed by atoms with Crippen LogP contribution in [0.2, 0.25) is 0 Å². The molecule has 6 rings (SSSR count). The molecule has 4 aromatic rings. The normalized spacial score (nSPS) is 22.2. The van der Waals surface area contributed by atoms with Gasteiger partial charge in [0, 0.05) is 12.2 Å². The van der Waals surface area contributed by atoms with E-state index in [0.717, 1.165) is 4.31 Å². The maximum Gasteiger partial charge on any atom is 0.324 e. The number of carbonyl (C=O) groups excluding carboxylic acids is 2. The predicted molar refractivity (Wildman–Crippen MR) is 165 cm³/mol. The number of nitrogens with one attached hydrogen (secondary N) is 3. The molecule has 46 heavy (non-hydrogen) atoms. The van der Waals surface area contributed by atoms with E-state index < -0.39 is 47.6 Å². The van der Waals surface area contributed by atoms with Crippen molar-refractivity contribution in [1.82, 2.24) is 24.8 Å². The van der Waals surface area contributed by atoms with E-state index in [9.17, 15) is 18.4 Å². The van der Waals surface area contributed by atoms with Crippen molar-refractivity contribution >= 4 is 57.2 Å². The van der Waals surface area contributed by atoms with Crippen LogP contribution in [0, 0.1) is 0 Å². The summed E-state index contributed by atoms with van der Waals surface area (Å²) in [6.07, 6.45) is -0.290. The van der Waals surface area contributed by atoms with Crippen LogP contribution in [0.4, 0.5) is 27.7 Å². The SMILES string of the molecule is CCNC(=O)[C@H]1O[C@@H](n2cnc3c(NC(=O)Nc4cccc(N(c5ccc(OC)cc5)S(=O)[O-])c4)ncnc32)[C@@H]2OC(C)(C)O[C@@H]21. The van der Waals surface area contributed by atoms with E-state index in [4.69, 9.17) is 18.9 Å². The van der Waals surface area contributed by atoms with Crippen LogP contribution in [0.15, 0.2) is 61.2 Å². The van der Waals surface area contributed by atoms with E-state index in [1.165, 1.54) is 25.8 Å². The molecule has 2 fully saturated rings. The molecule has 1 unspecified atom stereocenters. The summed E-state index contributed by atoms with van der Waals surface area (Å²) in [6, 6.07) is 12.1. The fourth-order valence-electron chi connectivity index (χ4n) is 5.43. The molecule has 5 atom stereocenters. The van der Waals surface area contributed by atoms with Gasteiger partial charge >= 0.3 is 6.03 Å². The number of rotatable bonds is 9. The number of methoxy groups -OCH3 is 1. The molecule has 0 bridgehead atoms. The molecule has 2 aromatic heterocycles. The number of fused-ring (bicyclic) bond motifs is 2. The number of hydrogen-bond acceptors (Lipinski definition) is 11. The number of nitrogens with zero attached hydrogens (tertiary/aromatic N) is 5. The van der Waals surface area contributed by atoms with Crippen molar-refractivity contribution in [2.24, 2.45) is 0 Å². The van der Waals surface area contributed by atoms with Gasteiger partial charge in [-0.15, -0.1) is 0 Å².